The number of nitrogens with zero attached hydrogens (tertiary/aromatic N) is 1. The predicted octanol–water partition coefficient (Wildman–Crippen LogP) is 4.14. The minimum atomic E-state index is -0.673. The highest BCUT2D eigenvalue weighted by atomic mass is 32.2. The Kier molecular flexibility index (Phi) is 9.12. The Morgan fingerprint density at radius 3 is 2.45 bits per heavy atom. The van der Waals surface area contributed by atoms with E-state index in [1.54, 1.807) is 37.3 Å². The molecule has 0 aliphatic carbocycles. The summed E-state index contributed by atoms with van der Waals surface area (Å²) < 4.78 is 26.9. The maximum Gasteiger partial charge on any atom is 0.242 e. The normalized spacial score (nSPS) is 11.7. The second-order valence-corrected chi connectivity index (χ2v) is 7.68. The van der Waals surface area contributed by atoms with Crippen LogP contribution in [0, 0.1) is 11.6 Å². The molecule has 2 aromatic carbocycles. The van der Waals surface area contributed by atoms with Crippen molar-refractivity contribution in [2.24, 2.45) is 0 Å². The van der Waals surface area contributed by atoms with Crippen molar-refractivity contribution in [1.29, 1.82) is 0 Å². The Bertz CT molecular complexity index is 815. The Balaban J connectivity index is 2.05. The average Bonchev–Trinajstić information content (AvgIpc) is 2.72. The average molecular weight is 421 g/mol. The van der Waals surface area contributed by atoms with Crippen LogP contribution in [0.1, 0.15) is 31.4 Å². The summed E-state index contributed by atoms with van der Waals surface area (Å²) in [7, 11) is 0. The molecule has 0 spiro atoms. The second kappa shape index (κ2) is 11.6. The minimum absolute atomic E-state index is 0.112. The molecule has 0 aromatic heterocycles. The lowest BCUT2D eigenvalue weighted by Crippen LogP contribution is -2.48. The summed E-state index contributed by atoms with van der Waals surface area (Å²) in [4.78, 5) is 26.8. The molecule has 156 valence electrons. The van der Waals surface area contributed by atoms with Crippen molar-refractivity contribution in [3.63, 3.8) is 0 Å². The first kappa shape index (κ1) is 22.9. The molecular weight excluding hydrogens is 394 g/mol. The molecule has 0 radical (unpaired) electrons. The number of nitrogens with one attached hydrogen (secondary N) is 1. The van der Waals surface area contributed by atoms with Crippen LogP contribution in [0.15, 0.2) is 48.5 Å². The van der Waals surface area contributed by atoms with Gasteiger partial charge in [-0.05, 0) is 42.7 Å². The van der Waals surface area contributed by atoms with E-state index in [2.05, 4.69) is 5.32 Å². The quantitative estimate of drug-likeness (QED) is 0.628. The standard InChI is InChI=1S/C22H26F2N2O2S/c1-3-12-25-22(28)16(2)26(13-17-8-10-19(23)11-9-17)21(27)15-29-14-18-6-4-5-7-20(18)24/h4-11,16H,3,12-15H2,1-2H3,(H,25,28)/t16-/m0/s1. The highest BCUT2D eigenvalue weighted by molar-refractivity contribution is 7.99. The number of amides is 2. The molecule has 0 unspecified atom stereocenters. The largest absolute Gasteiger partial charge is 0.354 e. The lowest BCUT2D eigenvalue weighted by atomic mass is 10.1. The number of carbonyl (C=O) groups is 2. The van der Waals surface area contributed by atoms with Crippen molar-refractivity contribution in [3.05, 3.63) is 71.3 Å². The molecule has 1 atom stereocenters. The summed E-state index contributed by atoms with van der Waals surface area (Å²) >= 11 is 1.29. The Labute approximate surface area is 174 Å². The molecule has 0 fully saturated rings. The number of thioether (sulfide) groups is 1. The van der Waals surface area contributed by atoms with Gasteiger partial charge in [-0.3, -0.25) is 9.59 Å². The van der Waals surface area contributed by atoms with E-state index in [9.17, 15) is 18.4 Å². The SMILES string of the molecule is CCCNC(=O)[C@H](C)N(Cc1ccc(F)cc1)C(=O)CSCc1ccccc1F. The first-order valence-electron chi connectivity index (χ1n) is 9.55. The Hall–Kier alpha value is -2.41. The second-order valence-electron chi connectivity index (χ2n) is 6.70. The Morgan fingerprint density at radius 1 is 1.10 bits per heavy atom. The summed E-state index contributed by atoms with van der Waals surface area (Å²) in [5.74, 6) is -0.653. The van der Waals surface area contributed by atoms with Crippen molar-refractivity contribution in [2.75, 3.05) is 12.3 Å². The number of hydrogen-bond donors (Lipinski definition) is 1. The van der Waals surface area contributed by atoms with Crippen LogP contribution in [0.25, 0.3) is 0 Å². The topological polar surface area (TPSA) is 49.4 Å². The van der Waals surface area contributed by atoms with Crippen molar-refractivity contribution in [3.8, 4) is 0 Å². The third-order valence-electron chi connectivity index (χ3n) is 4.42. The summed E-state index contributed by atoms with van der Waals surface area (Å²) in [6.45, 7) is 4.35. The molecule has 0 aliphatic heterocycles. The molecule has 1 N–H and O–H groups in total. The van der Waals surface area contributed by atoms with E-state index in [0.29, 0.717) is 17.9 Å². The Morgan fingerprint density at radius 2 is 1.79 bits per heavy atom. The lowest BCUT2D eigenvalue weighted by Gasteiger charge is -2.28. The first-order valence-corrected chi connectivity index (χ1v) is 10.7. The van der Waals surface area contributed by atoms with Gasteiger partial charge in [0.2, 0.25) is 11.8 Å². The molecule has 7 heteroatoms. The van der Waals surface area contributed by atoms with Gasteiger partial charge in [-0.1, -0.05) is 37.3 Å². The van der Waals surface area contributed by atoms with Crippen LogP contribution in [0.5, 0.6) is 0 Å². The first-order chi connectivity index (χ1) is 13.9. The van der Waals surface area contributed by atoms with Crippen molar-refractivity contribution >= 4 is 23.6 Å². The van der Waals surface area contributed by atoms with Gasteiger partial charge in [0.1, 0.15) is 17.7 Å². The molecule has 0 saturated carbocycles. The molecule has 0 heterocycles. The van der Waals surface area contributed by atoms with E-state index in [1.807, 2.05) is 6.92 Å². The monoisotopic (exact) mass is 420 g/mol. The fourth-order valence-corrected chi connectivity index (χ4v) is 3.61. The van der Waals surface area contributed by atoms with Gasteiger partial charge < -0.3 is 10.2 Å². The lowest BCUT2D eigenvalue weighted by molar-refractivity contribution is -0.138. The van der Waals surface area contributed by atoms with Gasteiger partial charge in [0.25, 0.3) is 0 Å². The summed E-state index contributed by atoms with van der Waals surface area (Å²) in [6.07, 6.45) is 0.795. The van der Waals surface area contributed by atoms with Crippen LogP contribution < -0.4 is 5.32 Å². The zero-order chi connectivity index (χ0) is 21.2. The minimum Gasteiger partial charge on any atom is -0.354 e. The van der Waals surface area contributed by atoms with Crippen LogP contribution in [-0.2, 0) is 21.9 Å². The number of benzene rings is 2. The van der Waals surface area contributed by atoms with Gasteiger partial charge in [0, 0.05) is 18.8 Å². The highest BCUT2D eigenvalue weighted by Crippen LogP contribution is 2.18. The molecule has 0 aliphatic rings. The van der Waals surface area contributed by atoms with Crippen LogP contribution in [-0.4, -0.2) is 35.1 Å². The van der Waals surface area contributed by atoms with E-state index < -0.39 is 6.04 Å². The molecule has 2 amide bonds. The number of hydrogen-bond acceptors (Lipinski definition) is 3. The van der Waals surface area contributed by atoms with E-state index in [4.69, 9.17) is 0 Å². The number of halogens is 2. The zero-order valence-corrected chi connectivity index (χ0v) is 17.5. The third-order valence-corrected chi connectivity index (χ3v) is 5.39. The van der Waals surface area contributed by atoms with Gasteiger partial charge in [-0.15, -0.1) is 11.8 Å². The van der Waals surface area contributed by atoms with Crippen LogP contribution in [0.2, 0.25) is 0 Å². The number of rotatable bonds is 10. The number of carbonyl (C=O) groups excluding carboxylic acids is 2. The molecule has 0 saturated heterocycles. The molecule has 2 aromatic rings. The van der Waals surface area contributed by atoms with Crippen molar-refractivity contribution in [1.82, 2.24) is 10.2 Å². The van der Waals surface area contributed by atoms with E-state index >= 15 is 0 Å². The van der Waals surface area contributed by atoms with Crippen molar-refractivity contribution < 1.29 is 18.4 Å². The molecule has 2 rings (SSSR count). The van der Waals surface area contributed by atoms with Crippen LogP contribution in [0.4, 0.5) is 8.78 Å². The van der Waals surface area contributed by atoms with Crippen LogP contribution >= 0.6 is 11.8 Å². The summed E-state index contributed by atoms with van der Waals surface area (Å²) in [5, 5.41) is 2.80. The summed E-state index contributed by atoms with van der Waals surface area (Å²) in [6, 6.07) is 11.6. The maximum absolute atomic E-state index is 13.8. The summed E-state index contributed by atoms with van der Waals surface area (Å²) in [5.41, 5.74) is 1.26. The van der Waals surface area contributed by atoms with Crippen molar-refractivity contribution in [2.45, 2.75) is 38.6 Å². The van der Waals surface area contributed by atoms with Gasteiger partial charge >= 0.3 is 0 Å². The van der Waals surface area contributed by atoms with E-state index in [1.165, 1.54) is 34.9 Å². The van der Waals surface area contributed by atoms with Gasteiger partial charge in [-0.25, -0.2) is 8.78 Å². The predicted molar refractivity (Wildman–Crippen MR) is 112 cm³/mol. The smallest absolute Gasteiger partial charge is 0.242 e. The third kappa shape index (κ3) is 7.16. The van der Waals surface area contributed by atoms with Gasteiger partial charge in [-0.2, -0.15) is 0 Å². The molecule has 4 nitrogen and oxygen atoms in total. The highest BCUT2D eigenvalue weighted by Gasteiger charge is 2.25. The van der Waals surface area contributed by atoms with E-state index in [0.717, 1.165) is 12.0 Å². The van der Waals surface area contributed by atoms with Gasteiger partial charge in [0.15, 0.2) is 0 Å². The molecule has 0 bridgehead atoms. The molecule has 29 heavy (non-hydrogen) atoms. The van der Waals surface area contributed by atoms with Gasteiger partial charge in [0.05, 0.1) is 5.75 Å². The van der Waals surface area contributed by atoms with E-state index in [-0.39, 0.29) is 35.7 Å². The fourth-order valence-electron chi connectivity index (χ4n) is 2.71. The zero-order valence-electron chi connectivity index (χ0n) is 16.7. The van der Waals surface area contributed by atoms with Crippen LogP contribution in [0.3, 0.4) is 0 Å². The fraction of sp³-hybridized carbons (Fsp3) is 0.364. The maximum atomic E-state index is 13.8. The molecular formula is C22H26F2N2O2S.